The largest absolute Gasteiger partial charge is 0.352 e. The molecule has 9 heteroatoms. The Kier molecular flexibility index (Phi) is 7.04. The maximum atomic E-state index is 12.6. The van der Waals surface area contributed by atoms with Crippen LogP contribution in [-0.2, 0) is 4.79 Å². The molecule has 2 amide bonds. The van der Waals surface area contributed by atoms with Crippen LogP contribution in [0.15, 0.2) is 35.3 Å². The van der Waals surface area contributed by atoms with Crippen LogP contribution in [0.1, 0.15) is 48.9 Å². The minimum Gasteiger partial charge on any atom is -0.352 e. The van der Waals surface area contributed by atoms with Gasteiger partial charge in [0.05, 0.1) is 5.56 Å². The predicted octanol–water partition coefficient (Wildman–Crippen LogP) is 1.33. The molecule has 2 fully saturated rings. The van der Waals surface area contributed by atoms with E-state index in [1.807, 2.05) is 6.08 Å². The van der Waals surface area contributed by atoms with Crippen LogP contribution in [0.2, 0.25) is 0 Å². The number of hydrogen-bond acceptors (Lipinski definition) is 5. The number of nitrogens with zero attached hydrogens (tertiary/aromatic N) is 3. The Morgan fingerprint density at radius 3 is 2.56 bits per heavy atom. The fourth-order valence-electron chi connectivity index (χ4n) is 4.76. The SMILES string of the molecule is CN1CCCC1/C=C/C(=O)NCC1CCC(CNC(=O)c2cccn3c(=O)[nH]nc23)CC1. The third kappa shape index (κ3) is 5.27. The van der Waals surface area contributed by atoms with Crippen molar-refractivity contribution in [2.75, 3.05) is 26.7 Å². The third-order valence-electron chi connectivity index (χ3n) is 6.82. The van der Waals surface area contributed by atoms with E-state index in [1.165, 1.54) is 10.8 Å². The van der Waals surface area contributed by atoms with Crippen LogP contribution in [0.25, 0.3) is 5.65 Å². The molecule has 1 saturated carbocycles. The molecule has 1 unspecified atom stereocenters. The lowest BCUT2D eigenvalue weighted by Crippen LogP contribution is -2.34. The predicted molar refractivity (Wildman–Crippen MR) is 121 cm³/mol. The van der Waals surface area contributed by atoms with Crippen molar-refractivity contribution in [1.82, 2.24) is 30.1 Å². The molecule has 2 aromatic heterocycles. The van der Waals surface area contributed by atoms with Crippen molar-refractivity contribution in [2.45, 2.75) is 44.6 Å². The van der Waals surface area contributed by atoms with Gasteiger partial charge in [0.15, 0.2) is 5.65 Å². The van der Waals surface area contributed by atoms with Crippen molar-refractivity contribution in [1.29, 1.82) is 0 Å². The summed E-state index contributed by atoms with van der Waals surface area (Å²) >= 11 is 0. The number of aromatic nitrogens is 3. The molecule has 0 radical (unpaired) electrons. The zero-order chi connectivity index (χ0) is 22.5. The van der Waals surface area contributed by atoms with E-state index in [1.54, 1.807) is 24.4 Å². The Balaban J connectivity index is 1.17. The highest BCUT2D eigenvalue weighted by Crippen LogP contribution is 2.28. The monoisotopic (exact) mass is 440 g/mol. The van der Waals surface area contributed by atoms with E-state index in [0.29, 0.717) is 42.2 Å². The van der Waals surface area contributed by atoms with E-state index < -0.39 is 0 Å². The average Bonchev–Trinajstić information content (AvgIpc) is 3.40. The number of likely N-dealkylation sites (N-methyl/N-ethyl adjacent to an activating group) is 1. The third-order valence-corrected chi connectivity index (χ3v) is 6.82. The van der Waals surface area contributed by atoms with Gasteiger partial charge >= 0.3 is 5.69 Å². The highest BCUT2D eigenvalue weighted by molar-refractivity contribution is 5.99. The van der Waals surface area contributed by atoms with Crippen LogP contribution in [0, 0.1) is 11.8 Å². The molecule has 3 heterocycles. The van der Waals surface area contributed by atoms with E-state index in [2.05, 4.69) is 32.8 Å². The Labute approximate surface area is 187 Å². The minimum absolute atomic E-state index is 0.00802. The summed E-state index contributed by atoms with van der Waals surface area (Å²) in [4.78, 5) is 38.7. The van der Waals surface area contributed by atoms with Gasteiger partial charge < -0.3 is 10.6 Å². The maximum absolute atomic E-state index is 12.6. The topological polar surface area (TPSA) is 112 Å². The molecular formula is C23H32N6O3. The fourth-order valence-corrected chi connectivity index (χ4v) is 4.76. The Morgan fingerprint density at radius 1 is 1.16 bits per heavy atom. The van der Waals surface area contributed by atoms with Gasteiger partial charge in [-0.25, -0.2) is 14.3 Å². The number of H-pyrrole nitrogens is 1. The van der Waals surface area contributed by atoms with Crippen LogP contribution >= 0.6 is 0 Å². The average molecular weight is 441 g/mol. The summed E-state index contributed by atoms with van der Waals surface area (Å²) < 4.78 is 1.33. The number of nitrogens with one attached hydrogen (secondary N) is 3. The quantitative estimate of drug-likeness (QED) is 0.563. The Hall–Kier alpha value is -2.94. The van der Waals surface area contributed by atoms with Crippen molar-refractivity contribution in [3.8, 4) is 0 Å². The number of rotatable bonds is 7. The van der Waals surface area contributed by atoms with Crippen molar-refractivity contribution in [3.63, 3.8) is 0 Å². The summed E-state index contributed by atoms with van der Waals surface area (Å²) in [7, 11) is 2.10. The normalized spacial score (nSPS) is 24.2. The summed E-state index contributed by atoms with van der Waals surface area (Å²) in [5.41, 5.74) is 0.364. The first kappa shape index (κ1) is 22.3. The van der Waals surface area contributed by atoms with Crippen molar-refractivity contribution < 1.29 is 9.59 Å². The van der Waals surface area contributed by atoms with Crippen LogP contribution < -0.4 is 16.3 Å². The van der Waals surface area contributed by atoms with Gasteiger partial charge in [-0.15, -0.1) is 0 Å². The van der Waals surface area contributed by atoms with Gasteiger partial charge in [0, 0.05) is 31.4 Å². The molecule has 9 nitrogen and oxygen atoms in total. The highest BCUT2D eigenvalue weighted by Gasteiger charge is 2.23. The number of amides is 2. The molecule has 0 bridgehead atoms. The highest BCUT2D eigenvalue weighted by atomic mass is 16.2. The van der Waals surface area contributed by atoms with Crippen LogP contribution in [0.5, 0.6) is 0 Å². The number of carbonyl (C=O) groups is 2. The van der Waals surface area contributed by atoms with Gasteiger partial charge in [-0.05, 0) is 76.1 Å². The molecule has 3 N–H and O–H groups in total. The standard InChI is InChI=1S/C23H32N6O3/c1-28-12-2-4-18(28)10-11-20(30)24-14-16-6-8-17(9-7-16)15-25-22(31)19-5-3-13-29-21(19)26-27-23(29)32/h3,5,10-11,13,16-18H,2,4,6-9,12,14-15H2,1H3,(H,24,30)(H,25,31)(H,27,32)/b11-10+. The zero-order valence-corrected chi connectivity index (χ0v) is 18.5. The van der Waals surface area contributed by atoms with Gasteiger partial charge in [0.1, 0.15) is 0 Å². The molecule has 2 aromatic rings. The van der Waals surface area contributed by atoms with Crippen molar-refractivity contribution in [2.24, 2.45) is 11.8 Å². The van der Waals surface area contributed by atoms with E-state index >= 15 is 0 Å². The van der Waals surface area contributed by atoms with E-state index in [-0.39, 0.29) is 17.5 Å². The summed E-state index contributed by atoms with van der Waals surface area (Å²) in [6.45, 7) is 2.41. The lowest BCUT2D eigenvalue weighted by atomic mass is 9.82. The lowest BCUT2D eigenvalue weighted by molar-refractivity contribution is -0.116. The number of pyridine rings is 1. The smallest absolute Gasteiger partial charge is 0.347 e. The van der Waals surface area contributed by atoms with Gasteiger partial charge in [-0.3, -0.25) is 14.5 Å². The van der Waals surface area contributed by atoms with E-state index in [0.717, 1.165) is 38.6 Å². The first-order valence-electron chi connectivity index (χ1n) is 11.5. The van der Waals surface area contributed by atoms with Gasteiger partial charge in [0.25, 0.3) is 5.91 Å². The molecule has 1 saturated heterocycles. The molecule has 2 aliphatic rings. The second kappa shape index (κ2) is 10.1. The first-order valence-corrected chi connectivity index (χ1v) is 11.5. The molecular weight excluding hydrogens is 408 g/mol. The van der Waals surface area contributed by atoms with E-state index in [4.69, 9.17) is 0 Å². The number of likely N-dealkylation sites (tertiary alicyclic amines) is 1. The summed E-state index contributed by atoms with van der Waals surface area (Å²) in [6, 6.07) is 3.72. The molecule has 0 aromatic carbocycles. The van der Waals surface area contributed by atoms with Crippen molar-refractivity contribution >= 4 is 17.5 Å². The molecule has 172 valence electrons. The Bertz CT molecular complexity index is 1030. The molecule has 0 spiro atoms. The second-order valence-electron chi connectivity index (χ2n) is 9.04. The fraction of sp³-hybridized carbons (Fsp3) is 0.565. The zero-order valence-electron chi connectivity index (χ0n) is 18.5. The maximum Gasteiger partial charge on any atom is 0.347 e. The number of carbonyl (C=O) groups excluding carboxylic acids is 2. The number of fused-ring (bicyclic) bond motifs is 1. The van der Waals surface area contributed by atoms with Crippen molar-refractivity contribution in [3.05, 3.63) is 46.5 Å². The van der Waals surface area contributed by atoms with Gasteiger partial charge in [0.2, 0.25) is 5.91 Å². The number of hydrogen-bond donors (Lipinski definition) is 3. The van der Waals surface area contributed by atoms with Gasteiger partial charge in [-0.1, -0.05) is 6.08 Å². The molecule has 1 atom stereocenters. The molecule has 1 aliphatic heterocycles. The second-order valence-corrected chi connectivity index (χ2v) is 9.04. The molecule has 1 aliphatic carbocycles. The van der Waals surface area contributed by atoms with Crippen LogP contribution in [-0.4, -0.2) is 64.0 Å². The summed E-state index contributed by atoms with van der Waals surface area (Å²) in [6.07, 6.45) is 11.7. The number of aromatic amines is 1. The first-order chi connectivity index (χ1) is 15.5. The summed E-state index contributed by atoms with van der Waals surface area (Å²) in [5.74, 6) is 0.679. The molecule has 32 heavy (non-hydrogen) atoms. The molecule has 4 rings (SSSR count). The Morgan fingerprint density at radius 2 is 1.88 bits per heavy atom. The van der Waals surface area contributed by atoms with Crippen LogP contribution in [0.3, 0.4) is 0 Å². The van der Waals surface area contributed by atoms with Gasteiger partial charge in [-0.2, -0.15) is 5.10 Å². The minimum atomic E-state index is -0.360. The van der Waals surface area contributed by atoms with Crippen LogP contribution in [0.4, 0.5) is 0 Å². The lowest BCUT2D eigenvalue weighted by Gasteiger charge is -2.28. The summed E-state index contributed by atoms with van der Waals surface area (Å²) in [5, 5.41) is 12.3. The van der Waals surface area contributed by atoms with E-state index in [9.17, 15) is 14.4 Å².